The van der Waals surface area contributed by atoms with Crippen LogP contribution < -0.4 is 4.74 Å². The molecule has 1 heterocycles. The van der Waals surface area contributed by atoms with Crippen LogP contribution in [0.15, 0.2) is 12.1 Å². The second-order valence-electron chi connectivity index (χ2n) is 4.76. The molecule has 0 radical (unpaired) electrons. The average Bonchev–Trinajstić information content (AvgIpc) is 2.15. The zero-order valence-corrected chi connectivity index (χ0v) is 12.6. The molecule has 0 fully saturated rings. The lowest BCUT2D eigenvalue weighted by molar-refractivity contribution is 0.237. The van der Waals surface area contributed by atoms with Gasteiger partial charge in [-0.1, -0.05) is 20.8 Å². The summed E-state index contributed by atoms with van der Waals surface area (Å²) in [5, 5.41) is 0. The fourth-order valence-corrected chi connectivity index (χ4v) is 2.32. The Balaban J connectivity index is 2.48. The molecule has 0 amide bonds. The van der Waals surface area contributed by atoms with E-state index in [4.69, 9.17) is 4.74 Å². The molecule has 1 atom stereocenters. The van der Waals surface area contributed by atoms with E-state index in [9.17, 15) is 0 Å². The summed E-state index contributed by atoms with van der Waals surface area (Å²) in [6.45, 7) is 9.49. The van der Waals surface area contributed by atoms with Gasteiger partial charge in [-0.3, -0.25) is 0 Å². The van der Waals surface area contributed by atoms with Gasteiger partial charge in [-0.2, -0.15) is 0 Å². The minimum atomic E-state index is 0.596. The van der Waals surface area contributed by atoms with Crippen LogP contribution in [0.3, 0.4) is 0 Å². The van der Waals surface area contributed by atoms with Crippen molar-refractivity contribution in [1.82, 2.24) is 4.98 Å². The molecule has 2 nitrogen and oxygen atoms in total. The maximum absolute atomic E-state index is 5.79. The summed E-state index contributed by atoms with van der Waals surface area (Å²) in [4.78, 5) is 4.37. The van der Waals surface area contributed by atoms with Gasteiger partial charge in [0.05, 0.1) is 12.3 Å². The van der Waals surface area contributed by atoms with Gasteiger partial charge in [-0.05, 0) is 59.9 Å². The number of nitrogens with zero attached hydrogens (tertiary/aromatic N) is 1. The van der Waals surface area contributed by atoms with Gasteiger partial charge in [-0.15, -0.1) is 0 Å². The van der Waals surface area contributed by atoms with Crippen LogP contribution in [0, 0.1) is 22.5 Å². The molecule has 1 aromatic heterocycles. The van der Waals surface area contributed by atoms with Crippen molar-refractivity contribution in [3.8, 4) is 5.75 Å². The molecule has 0 aromatic carbocycles. The van der Waals surface area contributed by atoms with E-state index in [-0.39, 0.29) is 0 Å². The maximum Gasteiger partial charge on any atom is 0.140 e. The van der Waals surface area contributed by atoms with Crippen molar-refractivity contribution in [3.05, 3.63) is 21.5 Å². The molecule has 0 aliphatic heterocycles. The van der Waals surface area contributed by atoms with E-state index in [2.05, 4.69) is 48.3 Å². The number of hydrogen-bond acceptors (Lipinski definition) is 2. The summed E-state index contributed by atoms with van der Waals surface area (Å²) >= 11 is 2.21. The SMILES string of the molecule is Cc1nc(I)ccc1OCC(C)CC(C)C. The van der Waals surface area contributed by atoms with E-state index in [1.807, 2.05) is 19.1 Å². The fraction of sp³-hybridized carbons (Fsp3) is 0.615. The average molecular weight is 333 g/mol. The second kappa shape index (κ2) is 6.42. The number of aryl methyl sites for hydroxylation is 1. The maximum atomic E-state index is 5.79. The number of hydrogen-bond donors (Lipinski definition) is 0. The van der Waals surface area contributed by atoms with Crippen LogP contribution in [-0.2, 0) is 0 Å². The molecule has 1 rings (SSSR count). The minimum Gasteiger partial charge on any atom is -0.491 e. The predicted molar refractivity (Wildman–Crippen MR) is 75.8 cm³/mol. The van der Waals surface area contributed by atoms with Gasteiger partial charge in [0, 0.05) is 0 Å². The molecule has 0 bridgehead atoms. The first-order valence-electron chi connectivity index (χ1n) is 5.75. The zero-order chi connectivity index (χ0) is 12.1. The highest BCUT2D eigenvalue weighted by Gasteiger charge is 2.07. The van der Waals surface area contributed by atoms with Gasteiger partial charge in [0.2, 0.25) is 0 Å². The first kappa shape index (κ1) is 13.7. The van der Waals surface area contributed by atoms with E-state index in [0.717, 1.165) is 27.7 Å². The molecule has 0 N–H and O–H groups in total. The van der Waals surface area contributed by atoms with E-state index in [0.29, 0.717) is 5.92 Å². The van der Waals surface area contributed by atoms with E-state index in [1.165, 1.54) is 6.42 Å². The molecule has 0 saturated heterocycles. The van der Waals surface area contributed by atoms with Crippen molar-refractivity contribution in [3.63, 3.8) is 0 Å². The van der Waals surface area contributed by atoms with Crippen molar-refractivity contribution in [2.75, 3.05) is 6.61 Å². The molecule has 0 aliphatic rings. The first-order valence-corrected chi connectivity index (χ1v) is 6.83. The molecular formula is C13H20INO. The van der Waals surface area contributed by atoms with Gasteiger partial charge in [0.15, 0.2) is 0 Å². The summed E-state index contributed by atoms with van der Waals surface area (Å²) in [6.07, 6.45) is 1.21. The van der Waals surface area contributed by atoms with Crippen LogP contribution in [-0.4, -0.2) is 11.6 Å². The number of aromatic nitrogens is 1. The van der Waals surface area contributed by atoms with E-state index < -0.39 is 0 Å². The summed E-state index contributed by atoms with van der Waals surface area (Å²) in [5.74, 6) is 2.24. The topological polar surface area (TPSA) is 22.1 Å². The van der Waals surface area contributed by atoms with Gasteiger partial charge >= 0.3 is 0 Å². The normalized spacial score (nSPS) is 12.9. The summed E-state index contributed by atoms with van der Waals surface area (Å²) in [6, 6.07) is 3.99. The van der Waals surface area contributed by atoms with Crippen LogP contribution in [0.1, 0.15) is 32.9 Å². The Morgan fingerprint density at radius 2 is 2.00 bits per heavy atom. The number of ether oxygens (including phenoxy) is 1. The molecule has 0 spiro atoms. The van der Waals surface area contributed by atoms with Crippen LogP contribution in [0.25, 0.3) is 0 Å². The van der Waals surface area contributed by atoms with Crippen molar-refractivity contribution >= 4 is 22.6 Å². The van der Waals surface area contributed by atoms with Crippen LogP contribution >= 0.6 is 22.6 Å². The smallest absolute Gasteiger partial charge is 0.140 e. The third-order valence-electron chi connectivity index (χ3n) is 2.40. The van der Waals surface area contributed by atoms with E-state index >= 15 is 0 Å². The Labute approximate surface area is 112 Å². The Hall–Kier alpha value is -0.320. The fourth-order valence-electron chi connectivity index (χ4n) is 1.78. The molecule has 0 aliphatic carbocycles. The predicted octanol–water partition coefficient (Wildman–Crippen LogP) is 4.06. The number of rotatable bonds is 5. The third-order valence-corrected chi connectivity index (χ3v) is 3.00. The molecule has 1 unspecified atom stereocenters. The summed E-state index contributed by atoms with van der Waals surface area (Å²) in [7, 11) is 0. The number of pyridine rings is 1. The molecule has 1 aromatic rings. The molecule has 16 heavy (non-hydrogen) atoms. The minimum absolute atomic E-state index is 0.596. The molecule has 3 heteroatoms. The van der Waals surface area contributed by atoms with E-state index in [1.54, 1.807) is 0 Å². The molecule has 90 valence electrons. The Kier molecular flexibility index (Phi) is 5.52. The highest BCUT2D eigenvalue weighted by atomic mass is 127. The zero-order valence-electron chi connectivity index (χ0n) is 10.5. The standard InChI is InChI=1S/C13H20INO/c1-9(2)7-10(3)8-16-12-5-6-13(14)15-11(12)4/h5-6,9-10H,7-8H2,1-4H3. The summed E-state index contributed by atoms with van der Waals surface area (Å²) in [5.41, 5.74) is 0.976. The van der Waals surface area contributed by atoms with Crippen LogP contribution in [0.2, 0.25) is 0 Å². The van der Waals surface area contributed by atoms with Crippen LogP contribution in [0.4, 0.5) is 0 Å². The highest BCUT2D eigenvalue weighted by molar-refractivity contribution is 14.1. The summed E-state index contributed by atoms with van der Waals surface area (Å²) < 4.78 is 6.80. The van der Waals surface area contributed by atoms with Crippen molar-refractivity contribution in [2.45, 2.75) is 34.1 Å². The Morgan fingerprint density at radius 3 is 2.56 bits per heavy atom. The second-order valence-corrected chi connectivity index (χ2v) is 5.87. The monoisotopic (exact) mass is 333 g/mol. The highest BCUT2D eigenvalue weighted by Crippen LogP contribution is 2.19. The quantitative estimate of drug-likeness (QED) is 0.599. The van der Waals surface area contributed by atoms with Gasteiger partial charge in [0.25, 0.3) is 0 Å². The van der Waals surface area contributed by atoms with Crippen molar-refractivity contribution in [2.24, 2.45) is 11.8 Å². The van der Waals surface area contributed by atoms with Gasteiger partial charge in [0.1, 0.15) is 9.45 Å². The lowest BCUT2D eigenvalue weighted by Crippen LogP contribution is -2.11. The molecular weight excluding hydrogens is 313 g/mol. The first-order chi connectivity index (χ1) is 7.49. The Bertz CT molecular complexity index is 339. The van der Waals surface area contributed by atoms with Crippen molar-refractivity contribution in [1.29, 1.82) is 0 Å². The molecule has 0 saturated carbocycles. The van der Waals surface area contributed by atoms with Gasteiger partial charge in [-0.25, -0.2) is 4.98 Å². The largest absolute Gasteiger partial charge is 0.491 e. The van der Waals surface area contributed by atoms with Crippen molar-refractivity contribution < 1.29 is 4.74 Å². The van der Waals surface area contributed by atoms with Crippen LogP contribution in [0.5, 0.6) is 5.75 Å². The Morgan fingerprint density at radius 1 is 1.31 bits per heavy atom. The third kappa shape index (κ3) is 4.68. The van der Waals surface area contributed by atoms with Gasteiger partial charge < -0.3 is 4.74 Å². The lowest BCUT2D eigenvalue weighted by atomic mass is 10.00. The lowest BCUT2D eigenvalue weighted by Gasteiger charge is -2.15. The number of halogens is 1.